The van der Waals surface area contributed by atoms with Crippen molar-refractivity contribution in [1.82, 2.24) is 0 Å². The second-order valence-electron chi connectivity index (χ2n) is 4.71. The van der Waals surface area contributed by atoms with Gasteiger partial charge in [-0.1, -0.05) is 26.2 Å². The van der Waals surface area contributed by atoms with Crippen LogP contribution in [0.1, 0.15) is 51.9 Å². The summed E-state index contributed by atoms with van der Waals surface area (Å²) in [5.74, 6) is 2.76. The van der Waals surface area contributed by atoms with E-state index in [1.54, 1.807) is 0 Å². The van der Waals surface area contributed by atoms with Crippen molar-refractivity contribution in [2.24, 2.45) is 17.8 Å². The topological polar surface area (TPSA) is 17.1 Å². The molecule has 0 bridgehead atoms. The zero-order valence-electron chi connectivity index (χ0n) is 8.59. The molecule has 0 aromatic carbocycles. The fourth-order valence-electron chi connectivity index (χ4n) is 3.01. The Balaban J connectivity index is 1.68. The van der Waals surface area contributed by atoms with Crippen molar-refractivity contribution >= 4 is 5.78 Å². The first kappa shape index (κ1) is 9.23. The fraction of sp³-hybridized carbons (Fsp3) is 0.917. The normalized spacial score (nSPS) is 35.9. The first-order valence-corrected chi connectivity index (χ1v) is 5.87. The molecule has 13 heavy (non-hydrogen) atoms. The van der Waals surface area contributed by atoms with Crippen molar-refractivity contribution < 1.29 is 4.79 Å². The minimum absolute atomic E-state index is 0.519. The van der Waals surface area contributed by atoms with Crippen LogP contribution in [0.4, 0.5) is 0 Å². The maximum atomic E-state index is 11.7. The predicted molar refractivity (Wildman–Crippen MR) is 53.5 cm³/mol. The highest BCUT2D eigenvalue weighted by atomic mass is 16.1. The summed E-state index contributed by atoms with van der Waals surface area (Å²) < 4.78 is 0. The van der Waals surface area contributed by atoms with E-state index < -0.39 is 0 Å². The average molecular weight is 180 g/mol. The molecule has 2 rings (SSSR count). The number of ketones is 1. The van der Waals surface area contributed by atoms with Crippen molar-refractivity contribution in [1.29, 1.82) is 0 Å². The van der Waals surface area contributed by atoms with E-state index in [9.17, 15) is 4.79 Å². The quantitative estimate of drug-likeness (QED) is 0.594. The van der Waals surface area contributed by atoms with Gasteiger partial charge in [-0.2, -0.15) is 0 Å². The lowest BCUT2D eigenvalue weighted by molar-refractivity contribution is -0.121. The molecular weight excluding hydrogens is 160 g/mol. The highest BCUT2D eigenvalue weighted by Crippen LogP contribution is 2.58. The van der Waals surface area contributed by atoms with Crippen molar-refractivity contribution in [2.75, 3.05) is 0 Å². The largest absolute Gasteiger partial charge is 0.299 e. The van der Waals surface area contributed by atoms with E-state index in [0.29, 0.717) is 11.7 Å². The Labute approximate surface area is 80.9 Å². The monoisotopic (exact) mass is 180 g/mol. The van der Waals surface area contributed by atoms with Gasteiger partial charge in [0.2, 0.25) is 0 Å². The summed E-state index contributed by atoms with van der Waals surface area (Å²) >= 11 is 0. The summed E-state index contributed by atoms with van der Waals surface area (Å²) in [6.45, 7) is 2.19. The Kier molecular flexibility index (Phi) is 2.71. The van der Waals surface area contributed by atoms with E-state index in [4.69, 9.17) is 0 Å². The van der Waals surface area contributed by atoms with Crippen LogP contribution in [0, 0.1) is 17.8 Å². The van der Waals surface area contributed by atoms with Crippen LogP contribution in [-0.4, -0.2) is 5.78 Å². The summed E-state index contributed by atoms with van der Waals surface area (Å²) in [6, 6.07) is 0. The third kappa shape index (κ3) is 1.79. The van der Waals surface area contributed by atoms with Gasteiger partial charge in [-0.15, -0.1) is 0 Å². The van der Waals surface area contributed by atoms with Crippen molar-refractivity contribution in [3.05, 3.63) is 0 Å². The summed E-state index contributed by atoms with van der Waals surface area (Å²) in [5.41, 5.74) is 0. The van der Waals surface area contributed by atoms with Crippen molar-refractivity contribution in [3.8, 4) is 0 Å². The Bertz CT molecular complexity index is 187. The van der Waals surface area contributed by atoms with Gasteiger partial charge in [-0.25, -0.2) is 0 Å². The number of unbranched alkanes of at least 4 members (excludes halogenated alkanes) is 2. The van der Waals surface area contributed by atoms with Crippen molar-refractivity contribution in [3.63, 3.8) is 0 Å². The van der Waals surface area contributed by atoms with Gasteiger partial charge in [0.15, 0.2) is 0 Å². The molecule has 1 nitrogen and oxygen atoms in total. The van der Waals surface area contributed by atoms with E-state index in [-0.39, 0.29) is 0 Å². The number of hydrogen-bond donors (Lipinski definition) is 0. The van der Waals surface area contributed by atoms with Crippen LogP contribution >= 0.6 is 0 Å². The van der Waals surface area contributed by atoms with Crippen LogP contribution in [0.15, 0.2) is 0 Å². The molecule has 1 heteroatoms. The number of rotatable bonds is 5. The van der Waals surface area contributed by atoms with Gasteiger partial charge < -0.3 is 0 Å². The number of Topliss-reactive ketones (excluding diaryl/α,β-unsaturated/α-hetero) is 1. The molecule has 2 aliphatic rings. The Morgan fingerprint density at radius 3 is 2.54 bits per heavy atom. The maximum absolute atomic E-state index is 11.7. The van der Waals surface area contributed by atoms with Gasteiger partial charge in [-0.05, 0) is 31.1 Å². The molecule has 2 aliphatic carbocycles. The molecule has 0 spiro atoms. The molecule has 2 unspecified atom stereocenters. The van der Waals surface area contributed by atoms with Gasteiger partial charge in [0.1, 0.15) is 5.78 Å². The average Bonchev–Trinajstić information content (AvgIpc) is 2.61. The number of carbonyl (C=O) groups is 1. The summed E-state index contributed by atoms with van der Waals surface area (Å²) in [5, 5.41) is 0. The van der Waals surface area contributed by atoms with Gasteiger partial charge in [0.05, 0.1) is 0 Å². The van der Waals surface area contributed by atoms with Gasteiger partial charge in [0, 0.05) is 12.3 Å². The number of carbonyl (C=O) groups excluding carboxylic acids is 1. The lowest BCUT2D eigenvalue weighted by atomic mass is 10.0. The highest BCUT2D eigenvalue weighted by Gasteiger charge is 2.55. The van der Waals surface area contributed by atoms with E-state index in [1.807, 2.05) is 0 Å². The molecule has 2 fully saturated rings. The van der Waals surface area contributed by atoms with E-state index in [2.05, 4.69) is 6.92 Å². The molecule has 0 aromatic rings. The van der Waals surface area contributed by atoms with Gasteiger partial charge in [0.25, 0.3) is 0 Å². The number of hydrogen-bond acceptors (Lipinski definition) is 1. The molecule has 0 heterocycles. The third-order valence-electron chi connectivity index (χ3n) is 3.81. The molecular formula is C12H20O. The Hall–Kier alpha value is -0.330. The highest BCUT2D eigenvalue weighted by molar-refractivity contribution is 5.84. The maximum Gasteiger partial charge on any atom is 0.136 e. The van der Waals surface area contributed by atoms with Crippen LogP contribution in [0.3, 0.4) is 0 Å². The summed E-state index contributed by atoms with van der Waals surface area (Å²) in [7, 11) is 0. The van der Waals surface area contributed by atoms with Gasteiger partial charge >= 0.3 is 0 Å². The van der Waals surface area contributed by atoms with E-state index >= 15 is 0 Å². The Morgan fingerprint density at radius 2 is 1.92 bits per heavy atom. The number of fused-ring (bicyclic) bond motifs is 1. The van der Waals surface area contributed by atoms with Crippen LogP contribution < -0.4 is 0 Å². The second-order valence-corrected chi connectivity index (χ2v) is 4.71. The summed E-state index contributed by atoms with van der Waals surface area (Å²) in [4.78, 5) is 11.7. The molecule has 0 amide bonds. The minimum atomic E-state index is 0.519. The first-order valence-electron chi connectivity index (χ1n) is 5.87. The first-order chi connectivity index (χ1) is 6.34. The summed E-state index contributed by atoms with van der Waals surface area (Å²) in [6.07, 6.45) is 8.52. The molecule has 0 radical (unpaired) electrons. The SMILES string of the molecule is CCCCCC(=O)C1C2CCCC21. The van der Waals surface area contributed by atoms with Crippen LogP contribution in [0.2, 0.25) is 0 Å². The van der Waals surface area contributed by atoms with E-state index in [0.717, 1.165) is 24.7 Å². The molecule has 2 saturated carbocycles. The van der Waals surface area contributed by atoms with E-state index in [1.165, 1.54) is 32.1 Å². The van der Waals surface area contributed by atoms with Gasteiger partial charge in [-0.3, -0.25) is 4.79 Å². The van der Waals surface area contributed by atoms with Crippen LogP contribution in [0.25, 0.3) is 0 Å². The lowest BCUT2D eigenvalue weighted by Gasteiger charge is -2.01. The van der Waals surface area contributed by atoms with Crippen LogP contribution in [-0.2, 0) is 4.79 Å². The zero-order valence-corrected chi connectivity index (χ0v) is 8.59. The zero-order chi connectivity index (χ0) is 9.26. The minimum Gasteiger partial charge on any atom is -0.299 e. The molecule has 0 aromatic heterocycles. The van der Waals surface area contributed by atoms with Crippen LogP contribution in [0.5, 0.6) is 0 Å². The molecule has 2 atom stereocenters. The molecule has 0 N–H and O–H groups in total. The third-order valence-corrected chi connectivity index (χ3v) is 3.81. The second kappa shape index (κ2) is 3.81. The standard InChI is InChI=1S/C12H20O/c1-2-3-4-8-11(13)12-9-6-5-7-10(9)12/h9-10,12H,2-8H2,1H3. The smallest absolute Gasteiger partial charge is 0.136 e. The lowest BCUT2D eigenvalue weighted by Crippen LogP contribution is -2.05. The fourth-order valence-corrected chi connectivity index (χ4v) is 3.01. The predicted octanol–water partition coefficient (Wildman–Crippen LogP) is 3.18. The van der Waals surface area contributed by atoms with Crippen molar-refractivity contribution in [2.45, 2.75) is 51.9 Å². The molecule has 74 valence electrons. The molecule has 0 saturated heterocycles. The molecule has 0 aliphatic heterocycles. The Morgan fingerprint density at radius 1 is 1.23 bits per heavy atom.